The Morgan fingerprint density at radius 1 is 1.56 bits per heavy atom. The Bertz CT molecular complexity index is 101. The Balaban J connectivity index is 2.41. The van der Waals surface area contributed by atoms with E-state index in [1.165, 1.54) is 18.6 Å². The molecule has 1 aliphatic rings. The third kappa shape index (κ3) is 2.18. The van der Waals surface area contributed by atoms with Crippen LogP contribution in [0.15, 0.2) is 0 Å². The minimum absolute atomic E-state index is 0.442. The first kappa shape index (κ1) is 7.42. The maximum Gasteiger partial charge on any atom is 0.0118 e. The predicted octanol–water partition coefficient (Wildman–Crippen LogP) is 1.62. The lowest BCUT2D eigenvalue weighted by atomic mass is 10.0. The maximum absolute atomic E-state index is 5.80. The third-order valence-corrected chi connectivity index (χ3v) is 3.12. The van der Waals surface area contributed by atoms with Crippen molar-refractivity contribution >= 4 is 11.8 Å². The van der Waals surface area contributed by atoms with Gasteiger partial charge in [-0.3, -0.25) is 0 Å². The highest BCUT2D eigenvalue weighted by Gasteiger charge is 2.25. The van der Waals surface area contributed by atoms with Crippen LogP contribution in [0.25, 0.3) is 0 Å². The van der Waals surface area contributed by atoms with Crippen LogP contribution in [0.1, 0.15) is 26.7 Å². The Kier molecular flexibility index (Phi) is 2.07. The van der Waals surface area contributed by atoms with Crippen LogP contribution in [0.3, 0.4) is 0 Å². The van der Waals surface area contributed by atoms with Gasteiger partial charge in [-0.2, -0.15) is 11.8 Å². The van der Waals surface area contributed by atoms with Gasteiger partial charge in [-0.25, -0.2) is 0 Å². The molecule has 1 atom stereocenters. The van der Waals surface area contributed by atoms with E-state index in [2.05, 4.69) is 13.8 Å². The molecule has 1 nitrogen and oxygen atoms in total. The van der Waals surface area contributed by atoms with Gasteiger partial charge in [0.05, 0.1) is 0 Å². The van der Waals surface area contributed by atoms with Crippen molar-refractivity contribution in [2.24, 2.45) is 5.73 Å². The average Bonchev–Trinajstić information content (AvgIpc) is 1.60. The lowest BCUT2D eigenvalue weighted by Crippen LogP contribution is -2.35. The largest absolute Gasteiger partial charge is 0.328 e. The van der Waals surface area contributed by atoms with Gasteiger partial charge in [0.15, 0.2) is 0 Å². The number of hydrogen-bond acceptors (Lipinski definition) is 2. The third-order valence-electron chi connectivity index (χ3n) is 1.74. The molecule has 0 aromatic carbocycles. The van der Waals surface area contributed by atoms with Gasteiger partial charge in [0.1, 0.15) is 0 Å². The molecule has 1 fully saturated rings. The molecule has 1 rings (SSSR count). The zero-order valence-electron chi connectivity index (χ0n) is 6.18. The first-order valence-corrected chi connectivity index (χ1v) is 4.48. The smallest absolute Gasteiger partial charge is 0.0118 e. The molecule has 1 saturated heterocycles. The Morgan fingerprint density at radius 2 is 2.22 bits per heavy atom. The number of nitrogens with two attached hydrogens (primary N) is 1. The summed E-state index contributed by atoms with van der Waals surface area (Å²) < 4.78 is 0.442. The van der Waals surface area contributed by atoms with E-state index in [1.807, 2.05) is 11.8 Å². The predicted molar refractivity (Wildman–Crippen MR) is 43.7 cm³/mol. The summed E-state index contributed by atoms with van der Waals surface area (Å²) in [5.41, 5.74) is 5.80. The highest BCUT2D eigenvalue weighted by Crippen LogP contribution is 2.34. The van der Waals surface area contributed by atoms with E-state index >= 15 is 0 Å². The molecule has 2 N–H and O–H groups in total. The zero-order chi connectivity index (χ0) is 6.91. The van der Waals surface area contributed by atoms with Gasteiger partial charge in [-0.15, -0.1) is 0 Å². The van der Waals surface area contributed by atoms with Crippen LogP contribution >= 0.6 is 11.8 Å². The molecule has 0 amide bonds. The minimum Gasteiger partial charge on any atom is -0.328 e. The van der Waals surface area contributed by atoms with Gasteiger partial charge in [-0.05, 0) is 18.6 Å². The topological polar surface area (TPSA) is 26.0 Å². The summed E-state index contributed by atoms with van der Waals surface area (Å²) in [7, 11) is 0. The van der Waals surface area contributed by atoms with Crippen molar-refractivity contribution in [3.8, 4) is 0 Å². The molecule has 0 aromatic heterocycles. The van der Waals surface area contributed by atoms with Crippen molar-refractivity contribution < 1.29 is 0 Å². The Hall–Kier alpha value is 0.310. The summed E-state index contributed by atoms with van der Waals surface area (Å²) in [6.45, 7) is 4.55. The molecule has 0 aromatic rings. The fraction of sp³-hybridized carbons (Fsp3) is 1.00. The van der Waals surface area contributed by atoms with Crippen molar-refractivity contribution in [1.29, 1.82) is 0 Å². The van der Waals surface area contributed by atoms with Gasteiger partial charge in [0.25, 0.3) is 0 Å². The second kappa shape index (κ2) is 2.51. The SMILES string of the molecule is CC1(C)C[C@@H](N)CCS1. The molecular formula is C7H15NS. The quantitative estimate of drug-likeness (QED) is 0.560. The van der Waals surface area contributed by atoms with Crippen molar-refractivity contribution in [3.63, 3.8) is 0 Å². The molecule has 1 aliphatic heterocycles. The highest BCUT2D eigenvalue weighted by molar-refractivity contribution is 8.00. The monoisotopic (exact) mass is 145 g/mol. The van der Waals surface area contributed by atoms with E-state index in [0.29, 0.717) is 10.8 Å². The average molecular weight is 145 g/mol. The van der Waals surface area contributed by atoms with Crippen LogP contribution in [-0.4, -0.2) is 16.5 Å². The van der Waals surface area contributed by atoms with Crippen LogP contribution in [-0.2, 0) is 0 Å². The summed E-state index contributed by atoms with van der Waals surface area (Å²) in [4.78, 5) is 0. The molecule has 54 valence electrons. The maximum atomic E-state index is 5.80. The van der Waals surface area contributed by atoms with E-state index < -0.39 is 0 Å². The minimum atomic E-state index is 0.442. The van der Waals surface area contributed by atoms with Crippen molar-refractivity contribution in [2.45, 2.75) is 37.5 Å². The molecule has 0 radical (unpaired) electrons. The molecule has 0 bridgehead atoms. The van der Waals surface area contributed by atoms with E-state index in [0.717, 1.165) is 0 Å². The first-order chi connectivity index (χ1) is 4.10. The molecule has 0 unspecified atom stereocenters. The second-order valence-corrected chi connectivity index (χ2v) is 5.16. The standard InChI is InChI=1S/C7H15NS/c1-7(2)5-6(8)3-4-9-7/h6H,3-5,8H2,1-2H3/t6-/m0/s1. The molecule has 1 heterocycles. The van der Waals surface area contributed by atoms with Crippen LogP contribution in [0.4, 0.5) is 0 Å². The molecule has 0 saturated carbocycles. The van der Waals surface area contributed by atoms with E-state index in [9.17, 15) is 0 Å². The fourth-order valence-corrected chi connectivity index (χ4v) is 2.58. The van der Waals surface area contributed by atoms with E-state index in [4.69, 9.17) is 5.73 Å². The lowest BCUT2D eigenvalue weighted by molar-refractivity contribution is 0.502. The van der Waals surface area contributed by atoms with E-state index in [-0.39, 0.29) is 0 Å². The summed E-state index contributed by atoms with van der Waals surface area (Å²) in [6.07, 6.45) is 2.38. The first-order valence-electron chi connectivity index (χ1n) is 3.50. The second-order valence-electron chi connectivity index (χ2n) is 3.36. The van der Waals surface area contributed by atoms with Crippen molar-refractivity contribution in [3.05, 3.63) is 0 Å². The van der Waals surface area contributed by atoms with Gasteiger partial charge in [0, 0.05) is 10.8 Å². The van der Waals surface area contributed by atoms with Crippen LogP contribution < -0.4 is 5.73 Å². The van der Waals surface area contributed by atoms with Crippen LogP contribution in [0.2, 0.25) is 0 Å². The highest BCUT2D eigenvalue weighted by atomic mass is 32.2. The Morgan fingerprint density at radius 3 is 2.56 bits per heavy atom. The van der Waals surface area contributed by atoms with Crippen molar-refractivity contribution in [1.82, 2.24) is 0 Å². The summed E-state index contributed by atoms with van der Waals surface area (Å²) >= 11 is 2.04. The Labute approximate surface area is 61.4 Å². The number of rotatable bonds is 0. The normalized spacial score (nSPS) is 34.3. The summed E-state index contributed by atoms with van der Waals surface area (Å²) in [6, 6.07) is 0.459. The van der Waals surface area contributed by atoms with Gasteiger partial charge < -0.3 is 5.73 Å². The van der Waals surface area contributed by atoms with Gasteiger partial charge >= 0.3 is 0 Å². The molecule has 0 aliphatic carbocycles. The number of thioether (sulfide) groups is 1. The van der Waals surface area contributed by atoms with Crippen LogP contribution in [0, 0.1) is 0 Å². The van der Waals surface area contributed by atoms with Gasteiger partial charge in [-0.1, -0.05) is 13.8 Å². The van der Waals surface area contributed by atoms with Crippen molar-refractivity contribution in [2.75, 3.05) is 5.75 Å². The molecule has 2 heteroatoms. The molecule has 0 spiro atoms. The molecule has 9 heavy (non-hydrogen) atoms. The van der Waals surface area contributed by atoms with E-state index in [1.54, 1.807) is 0 Å². The summed E-state index contributed by atoms with van der Waals surface area (Å²) in [5, 5.41) is 0. The van der Waals surface area contributed by atoms with Crippen LogP contribution in [0.5, 0.6) is 0 Å². The number of hydrogen-bond donors (Lipinski definition) is 1. The molecular weight excluding hydrogens is 130 g/mol. The summed E-state index contributed by atoms with van der Waals surface area (Å²) in [5.74, 6) is 1.24. The fourth-order valence-electron chi connectivity index (χ4n) is 1.28. The van der Waals surface area contributed by atoms with Gasteiger partial charge in [0.2, 0.25) is 0 Å². The zero-order valence-corrected chi connectivity index (χ0v) is 7.00. The lowest BCUT2D eigenvalue weighted by Gasteiger charge is -2.32.